The zero-order valence-electron chi connectivity index (χ0n) is 15.5. The summed E-state index contributed by atoms with van der Waals surface area (Å²) in [5.74, 6) is -1.89. The van der Waals surface area contributed by atoms with E-state index in [-0.39, 0.29) is 23.3 Å². The van der Waals surface area contributed by atoms with Crippen molar-refractivity contribution in [3.63, 3.8) is 0 Å². The molecule has 2 heterocycles. The molecule has 0 aliphatic heterocycles. The fourth-order valence-corrected chi connectivity index (χ4v) is 2.24. The first-order valence-electron chi connectivity index (χ1n) is 8.36. The van der Waals surface area contributed by atoms with Crippen LogP contribution in [0.3, 0.4) is 0 Å². The van der Waals surface area contributed by atoms with E-state index in [9.17, 15) is 27.9 Å². The summed E-state index contributed by atoms with van der Waals surface area (Å²) in [6.07, 6.45) is -1.90. The number of alkyl halides is 3. The Labute approximate surface area is 158 Å². The molecule has 1 atom stereocenters. The normalized spacial score (nSPS) is 13.2. The Hall–Kier alpha value is -2.98. The van der Waals surface area contributed by atoms with Crippen molar-refractivity contribution < 1.29 is 27.9 Å². The predicted molar refractivity (Wildman–Crippen MR) is 91.7 cm³/mol. The Bertz CT molecular complexity index is 841. The van der Waals surface area contributed by atoms with Gasteiger partial charge in [0.05, 0.1) is 11.8 Å². The molecule has 0 aliphatic carbocycles. The lowest BCUT2D eigenvalue weighted by atomic mass is 9.88. The highest BCUT2D eigenvalue weighted by Crippen LogP contribution is 2.28. The molecule has 28 heavy (non-hydrogen) atoms. The quantitative estimate of drug-likeness (QED) is 0.773. The van der Waals surface area contributed by atoms with Crippen LogP contribution in [0.4, 0.5) is 13.2 Å². The van der Waals surface area contributed by atoms with Crippen LogP contribution in [-0.4, -0.2) is 43.0 Å². The molecule has 2 N–H and O–H groups in total. The second kappa shape index (κ2) is 7.95. The monoisotopic (exact) mass is 399 g/mol. The Morgan fingerprint density at radius 1 is 1.25 bits per heavy atom. The van der Waals surface area contributed by atoms with E-state index in [1.807, 2.05) is 20.8 Å². The number of rotatable bonds is 6. The Balaban J connectivity index is 2.09. The number of halogens is 3. The van der Waals surface area contributed by atoms with Crippen molar-refractivity contribution in [1.82, 2.24) is 25.3 Å². The van der Waals surface area contributed by atoms with Gasteiger partial charge in [-0.15, -0.1) is 5.10 Å². The lowest BCUT2D eigenvalue weighted by molar-refractivity contribution is -0.139. The van der Waals surface area contributed by atoms with Crippen LogP contribution < -0.4 is 5.32 Å². The van der Waals surface area contributed by atoms with E-state index in [0.29, 0.717) is 12.6 Å². The minimum Gasteiger partial charge on any atom is -0.480 e. The third kappa shape index (κ3) is 5.76. The van der Waals surface area contributed by atoms with Crippen LogP contribution >= 0.6 is 0 Å². The van der Waals surface area contributed by atoms with E-state index < -0.39 is 29.7 Å². The first kappa shape index (κ1) is 21.3. The van der Waals surface area contributed by atoms with Gasteiger partial charge < -0.3 is 10.4 Å². The third-order valence-corrected chi connectivity index (χ3v) is 3.82. The standard InChI is InChI=1S/C17H20F3N5O3/c1-16(2,3)7-6-11(15(27)28)22-14(26)12-9-25(24-23-12)13-5-4-10(8-21-13)17(18,19)20/h4-5,8-9,11H,6-7H2,1-3H3,(H,22,26)(H,27,28). The fraction of sp³-hybridized carbons (Fsp3) is 0.471. The number of carboxylic acid groups (broad SMARTS) is 1. The summed E-state index contributed by atoms with van der Waals surface area (Å²) in [7, 11) is 0. The van der Waals surface area contributed by atoms with Gasteiger partial charge in [0, 0.05) is 6.20 Å². The summed E-state index contributed by atoms with van der Waals surface area (Å²) in [5, 5.41) is 18.9. The highest BCUT2D eigenvalue weighted by Gasteiger charge is 2.31. The molecule has 1 unspecified atom stereocenters. The number of hydrogen-bond acceptors (Lipinski definition) is 5. The van der Waals surface area contributed by atoms with Gasteiger partial charge in [0.15, 0.2) is 11.5 Å². The highest BCUT2D eigenvalue weighted by molar-refractivity contribution is 5.94. The molecule has 0 saturated carbocycles. The zero-order chi connectivity index (χ0) is 21.1. The Morgan fingerprint density at radius 3 is 2.43 bits per heavy atom. The number of aromatic nitrogens is 4. The molecule has 0 aliphatic rings. The van der Waals surface area contributed by atoms with Crippen molar-refractivity contribution in [2.24, 2.45) is 5.41 Å². The van der Waals surface area contributed by atoms with E-state index >= 15 is 0 Å². The molecule has 2 aromatic rings. The molecule has 2 aromatic heterocycles. The van der Waals surface area contributed by atoms with Gasteiger partial charge in [0.25, 0.3) is 5.91 Å². The van der Waals surface area contributed by atoms with E-state index in [1.54, 1.807) is 0 Å². The van der Waals surface area contributed by atoms with Crippen LogP contribution in [0, 0.1) is 5.41 Å². The van der Waals surface area contributed by atoms with Crippen LogP contribution in [0.1, 0.15) is 49.7 Å². The molecule has 0 spiro atoms. The van der Waals surface area contributed by atoms with E-state index in [2.05, 4.69) is 20.6 Å². The smallest absolute Gasteiger partial charge is 0.417 e. The second-order valence-electron chi connectivity index (χ2n) is 7.41. The predicted octanol–water partition coefficient (Wildman–Crippen LogP) is 2.69. The van der Waals surface area contributed by atoms with Crippen molar-refractivity contribution >= 4 is 11.9 Å². The molecule has 0 fully saturated rings. The number of pyridine rings is 1. The largest absolute Gasteiger partial charge is 0.480 e. The van der Waals surface area contributed by atoms with Crippen LogP contribution in [0.5, 0.6) is 0 Å². The second-order valence-corrected chi connectivity index (χ2v) is 7.41. The fourth-order valence-electron chi connectivity index (χ4n) is 2.24. The molecule has 8 nitrogen and oxygen atoms in total. The summed E-state index contributed by atoms with van der Waals surface area (Å²) < 4.78 is 38.8. The number of aliphatic carboxylic acids is 1. The summed E-state index contributed by atoms with van der Waals surface area (Å²) in [6, 6.07) is 0.820. The van der Waals surface area contributed by atoms with Gasteiger partial charge in [0.1, 0.15) is 6.04 Å². The number of carboxylic acids is 1. The van der Waals surface area contributed by atoms with Crippen LogP contribution in [0.25, 0.3) is 5.82 Å². The molecule has 2 rings (SSSR count). The topological polar surface area (TPSA) is 110 Å². The average Bonchev–Trinajstić information content (AvgIpc) is 3.07. The van der Waals surface area contributed by atoms with E-state index in [0.717, 1.165) is 23.0 Å². The van der Waals surface area contributed by atoms with Crippen molar-refractivity contribution in [2.75, 3.05) is 0 Å². The van der Waals surface area contributed by atoms with Gasteiger partial charge >= 0.3 is 12.1 Å². The van der Waals surface area contributed by atoms with Crippen LogP contribution in [-0.2, 0) is 11.0 Å². The third-order valence-electron chi connectivity index (χ3n) is 3.82. The summed E-state index contributed by atoms with van der Waals surface area (Å²) in [6.45, 7) is 5.86. The van der Waals surface area contributed by atoms with E-state index in [4.69, 9.17) is 0 Å². The molecule has 0 aromatic carbocycles. The van der Waals surface area contributed by atoms with Crippen LogP contribution in [0.2, 0.25) is 0 Å². The van der Waals surface area contributed by atoms with Gasteiger partial charge in [-0.2, -0.15) is 13.2 Å². The number of nitrogens with zero attached hydrogens (tertiary/aromatic N) is 4. The first-order chi connectivity index (χ1) is 12.9. The van der Waals surface area contributed by atoms with Crippen LogP contribution in [0.15, 0.2) is 24.5 Å². The number of amides is 1. The van der Waals surface area contributed by atoms with Gasteiger partial charge in [-0.05, 0) is 30.4 Å². The lowest BCUT2D eigenvalue weighted by Crippen LogP contribution is -2.41. The molecule has 152 valence electrons. The number of hydrogen-bond donors (Lipinski definition) is 2. The minimum atomic E-state index is -4.52. The zero-order valence-corrected chi connectivity index (χ0v) is 15.5. The molecular weight excluding hydrogens is 379 g/mol. The molecule has 11 heteroatoms. The highest BCUT2D eigenvalue weighted by atomic mass is 19.4. The number of carbonyl (C=O) groups excluding carboxylic acids is 1. The molecular formula is C17H20F3N5O3. The summed E-state index contributed by atoms with van der Waals surface area (Å²) in [5.41, 5.74) is -1.20. The van der Waals surface area contributed by atoms with Gasteiger partial charge in [-0.25, -0.2) is 14.5 Å². The average molecular weight is 399 g/mol. The van der Waals surface area contributed by atoms with E-state index in [1.165, 1.54) is 0 Å². The van der Waals surface area contributed by atoms with Gasteiger partial charge in [-0.1, -0.05) is 26.0 Å². The van der Waals surface area contributed by atoms with Crippen molar-refractivity contribution in [1.29, 1.82) is 0 Å². The maximum Gasteiger partial charge on any atom is 0.417 e. The van der Waals surface area contributed by atoms with Crippen molar-refractivity contribution in [2.45, 2.75) is 45.8 Å². The molecule has 1 amide bonds. The summed E-state index contributed by atoms with van der Waals surface area (Å²) >= 11 is 0. The Kier molecular flexibility index (Phi) is 6.05. The SMILES string of the molecule is CC(C)(C)CCC(NC(=O)c1cn(-c2ccc(C(F)(F)F)cn2)nn1)C(=O)O. The van der Waals surface area contributed by atoms with Gasteiger partial charge in [0.2, 0.25) is 0 Å². The molecule has 0 saturated heterocycles. The number of nitrogens with one attached hydrogen (secondary N) is 1. The lowest BCUT2D eigenvalue weighted by Gasteiger charge is -2.21. The first-order valence-corrected chi connectivity index (χ1v) is 8.36. The molecule has 0 bridgehead atoms. The minimum absolute atomic E-state index is 0.0297. The van der Waals surface area contributed by atoms with Crippen molar-refractivity contribution in [3.8, 4) is 5.82 Å². The summed E-state index contributed by atoms with van der Waals surface area (Å²) in [4.78, 5) is 27.3. The number of carbonyl (C=O) groups is 2. The van der Waals surface area contributed by atoms with Gasteiger partial charge in [-0.3, -0.25) is 4.79 Å². The van der Waals surface area contributed by atoms with Crippen molar-refractivity contribution in [3.05, 3.63) is 35.8 Å². The maximum atomic E-state index is 12.6. The maximum absolute atomic E-state index is 12.6. The Morgan fingerprint density at radius 2 is 1.93 bits per heavy atom. The molecule has 0 radical (unpaired) electrons.